The summed E-state index contributed by atoms with van der Waals surface area (Å²) in [6.07, 6.45) is -0.345. The van der Waals surface area contributed by atoms with Gasteiger partial charge in [0, 0.05) is 6.61 Å². The fourth-order valence-electron chi connectivity index (χ4n) is 1.33. The summed E-state index contributed by atoms with van der Waals surface area (Å²) >= 11 is 11.0. The van der Waals surface area contributed by atoms with E-state index in [1.54, 1.807) is 0 Å². The highest BCUT2D eigenvalue weighted by Gasteiger charge is 2.28. The fourth-order valence-corrected chi connectivity index (χ4v) is 3.30. The molecule has 20 heavy (non-hydrogen) atoms. The van der Waals surface area contributed by atoms with Gasteiger partial charge in [0.25, 0.3) is 0 Å². The van der Waals surface area contributed by atoms with Crippen molar-refractivity contribution in [3.05, 3.63) is 28.0 Å². The first kappa shape index (κ1) is 17.1. The maximum atomic E-state index is 13.5. The summed E-state index contributed by atoms with van der Waals surface area (Å²) in [7, 11) is -4.37. The number of carboxylic acid groups (broad SMARTS) is 1. The number of benzene rings is 1. The van der Waals surface area contributed by atoms with Gasteiger partial charge in [-0.1, -0.05) is 23.2 Å². The van der Waals surface area contributed by atoms with Crippen LogP contribution in [0.25, 0.3) is 0 Å². The van der Waals surface area contributed by atoms with Crippen LogP contribution in [0.4, 0.5) is 4.39 Å². The molecule has 0 aliphatic heterocycles. The van der Waals surface area contributed by atoms with Gasteiger partial charge in [0.1, 0.15) is 10.9 Å². The maximum absolute atomic E-state index is 13.5. The molecule has 0 amide bonds. The first-order chi connectivity index (χ1) is 9.20. The van der Waals surface area contributed by atoms with Gasteiger partial charge in [-0.2, -0.15) is 4.72 Å². The Bertz CT molecular complexity index is 622. The van der Waals surface area contributed by atoms with Gasteiger partial charge in [-0.15, -0.1) is 0 Å². The van der Waals surface area contributed by atoms with Crippen LogP contribution in [0.3, 0.4) is 0 Å². The molecule has 0 aliphatic rings. The summed E-state index contributed by atoms with van der Waals surface area (Å²) in [6, 6.07) is 0.382. The lowest BCUT2D eigenvalue weighted by atomic mass is 10.2. The van der Waals surface area contributed by atoms with Crippen LogP contribution >= 0.6 is 23.2 Å². The van der Waals surface area contributed by atoms with Crippen molar-refractivity contribution in [2.24, 2.45) is 0 Å². The molecule has 0 radical (unpaired) electrons. The first-order valence-corrected chi connectivity index (χ1v) is 7.44. The lowest BCUT2D eigenvalue weighted by molar-refractivity contribution is -0.139. The molecule has 1 rings (SSSR count). The van der Waals surface area contributed by atoms with Gasteiger partial charge in [-0.3, -0.25) is 4.79 Å². The smallest absolute Gasteiger partial charge is 0.321 e. The summed E-state index contributed by atoms with van der Waals surface area (Å²) < 4.78 is 39.2. The number of rotatable bonds is 6. The Morgan fingerprint density at radius 1 is 1.40 bits per heavy atom. The van der Waals surface area contributed by atoms with Crippen molar-refractivity contribution in [3.8, 4) is 0 Å². The molecule has 0 spiro atoms. The van der Waals surface area contributed by atoms with Crippen molar-refractivity contribution in [1.82, 2.24) is 4.72 Å². The number of hydrogen-bond acceptors (Lipinski definition) is 4. The lowest BCUT2D eigenvalue weighted by Crippen LogP contribution is -2.41. The quantitative estimate of drug-likeness (QED) is 0.673. The van der Waals surface area contributed by atoms with E-state index in [1.165, 1.54) is 0 Å². The fraction of sp³-hybridized carbons (Fsp3) is 0.300. The molecule has 3 N–H and O–H groups in total. The average Bonchev–Trinajstić information content (AvgIpc) is 2.34. The molecule has 112 valence electrons. The summed E-state index contributed by atoms with van der Waals surface area (Å²) in [5.74, 6) is -2.60. The lowest BCUT2D eigenvalue weighted by Gasteiger charge is -2.14. The number of aliphatic hydroxyl groups is 1. The minimum atomic E-state index is -4.37. The van der Waals surface area contributed by atoms with Crippen LogP contribution in [0.5, 0.6) is 0 Å². The Morgan fingerprint density at radius 3 is 2.50 bits per heavy atom. The van der Waals surface area contributed by atoms with Crippen LogP contribution in [0.2, 0.25) is 10.0 Å². The molecular weight excluding hydrogens is 336 g/mol. The number of aliphatic carboxylic acids is 1. The second-order valence-electron chi connectivity index (χ2n) is 3.70. The molecule has 1 aromatic rings. The van der Waals surface area contributed by atoms with E-state index in [-0.39, 0.29) is 11.4 Å². The number of halogens is 3. The van der Waals surface area contributed by atoms with E-state index in [2.05, 4.69) is 0 Å². The highest BCUT2D eigenvalue weighted by molar-refractivity contribution is 7.89. The third-order valence-corrected chi connectivity index (χ3v) is 4.59. The highest BCUT2D eigenvalue weighted by atomic mass is 35.5. The molecule has 1 atom stereocenters. The van der Waals surface area contributed by atoms with E-state index in [1.807, 2.05) is 4.72 Å². The number of carbonyl (C=O) groups is 1. The molecule has 10 heteroatoms. The standard InChI is InChI=1S/C10H10Cl2FNO5S/c11-5-1-2-7(8(12)9(5)13)20(18,19)14-6(3-4-15)10(16)17/h1-2,6,14-15H,3-4H2,(H,16,17)/t6-/m0/s1. The molecular formula is C10H10Cl2FNO5S. The van der Waals surface area contributed by atoms with Gasteiger partial charge in [0.2, 0.25) is 10.0 Å². The van der Waals surface area contributed by atoms with Gasteiger partial charge in [-0.25, -0.2) is 12.8 Å². The van der Waals surface area contributed by atoms with E-state index in [0.717, 1.165) is 12.1 Å². The summed E-state index contributed by atoms with van der Waals surface area (Å²) in [6.45, 7) is -0.539. The summed E-state index contributed by atoms with van der Waals surface area (Å²) in [5, 5.41) is 16.4. The zero-order valence-corrected chi connectivity index (χ0v) is 12.1. The molecule has 0 aliphatic carbocycles. The summed E-state index contributed by atoms with van der Waals surface area (Å²) in [4.78, 5) is 10.2. The third-order valence-electron chi connectivity index (χ3n) is 2.30. The SMILES string of the molecule is O=C(O)[C@H](CCO)NS(=O)(=O)c1ccc(Cl)c(F)c1Cl. The number of aliphatic hydroxyl groups excluding tert-OH is 1. The van der Waals surface area contributed by atoms with Crippen molar-refractivity contribution in [2.75, 3.05) is 6.61 Å². The predicted molar refractivity (Wildman–Crippen MR) is 69.9 cm³/mol. The van der Waals surface area contributed by atoms with E-state index in [0.29, 0.717) is 0 Å². The molecule has 0 unspecified atom stereocenters. The Hall–Kier alpha value is -0.930. The van der Waals surface area contributed by atoms with Gasteiger partial charge in [0.05, 0.1) is 10.0 Å². The zero-order valence-electron chi connectivity index (χ0n) is 9.81. The number of nitrogens with one attached hydrogen (secondary N) is 1. The van der Waals surface area contributed by atoms with Crippen LogP contribution in [0.15, 0.2) is 17.0 Å². The van der Waals surface area contributed by atoms with Gasteiger partial charge < -0.3 is 10.2 Å². The molecule has 6 nitrogen and oxygen atoms in total. The zero-order chi connectivity index (χ0) is 15.5. The topological polar surface area (TPSA) is 104 Å². The van der Waals surface area contributed by atoms with Crippen LogP contribution in [-0.4, -0.2) is 37.2 Å². The van der Waals surface area contributed by atoms with Crippen molar-refractivity contribution in [2.45, 2.75) is 17.4 Å². The minimum Gasteiger partial charge on any atom is -0.480 e. The second kappa shape index (κ2) is 6.68. The predicted octanol–water partition coefficient (Wildman–Crippen LogP) is 1.25. The van der Waals surface area contributed by atoms with Gasteiger partial charge in [0.15, 0.2) is 5.82 Å². The molecule has 0 fully saturated rings. The van der Waals surface area contributed by atoms with Crippen LogP contribution in [0.1, 0.15) is 6.42 Å². The molecule has 0 aromatic heterocycles. The Morgan fingerprint density at radius 2 is 2.00 bits per heavy atom. The average molecular weight is 346 g/mol. The normalized spacial score (nSPS) is 13.2. The Labute approximate surface area is 124 Å². The van der Waals surface area contributed by atoms with Crippen molar-refractivity contribution < 1.29 is 27.8 Å². The van der Waals surface area contributed by atoms with E-state index < -0.39 is 44.4 Å². The summed E-state index contributed by atoms with van der Waals surface area (Å²) in [5.41, 5.74) is 0. The number of hydrogen-bond donors (Lipinski definition) is 3. The van der Waals surface area contributed by atoms with E-state index in [4.69, 9.17) is 33.4 Å². The molecule has 0 bridgehead atoms. The molecule has 0 heterocycles. The first-order valence-electron chi connectivity index (χ1n) is 5.20. The Kier molecular flexibility index (Phi) is 5.72. The monoisotopic (exact) mass is 345 g/mol. The van der Waals surface area contributed by atoms with Crippen LogP contribution in [-0.2, 0) is 14.8 Å². The van der Waals surface area contributed by atoms with E-state index in [9.17, 15) is 17.6 Å². The van der Waals surface area contributed by atoms with Crippen LogP contribution < -0.4 is 4.72 Å². The van der Waals surface area contributed by atoms with Crippen molar-refractivity contribution in [3.63, 3.8) is 0 Å². The third kappa shape index (κ3) is 3.80. The van der Waals surface area contributed by atoms with Gasteiger partial charge in [-0.05, 0) is 18.6 Å². The Balaban J connectivity index is 3.17. The molecule has 1 aromatic carbocycles. The highest BCUT2D eigenvalue weighted by Crippen LogP contribution is 2.29. The van der Waals surface area contributed by atoms with Gasteiger partial charge >= 0.3 is 5.97 Å². The molecule has 0 saturated heterocycles. The number of carboxylic acids is 1. The second-order valence-corrected chi connectivity index (χ2v) is 6.17. The van der Waals surface area contributed by atoms with Crippen molar-refractivity contribution >= 4 is 39.2 Å². The number of sulfonamides is 1. The van der Waals surface area contributed by atoms with Crippen LogP contribution in [0, 0.1) is 5.82 Å². The maximum Gasteiger partial charge on any atom is 0.321 e. The van der Waals surface area contributed by atoms with Crippen molar-refractivity contribution in [1.29, 1.82) is 0 Å². The molecule has 0 saturated carbocycles. The van der Waals surface area contributed by atoms with E-state index >= 15 is 0 Å². The largest absolute Gasteiger partial charge is 0.480 e. The minimum absolute atomic E-state index is 0.345.